The Morgan fingerprint density at radius 1 is 0.406 bits per heavy atom. The van der Waals surface area contributed by atoms with Gasteiger partial charge in [-0.1, -0.05) is 34.6 Å². The van der Waals surface area contributed by atoms with Crippen molar-refractivity contribution in [2.75, 3.05) is 117 Å². The van der Waals surface area contributed by atoms with Gasteiger partial charge >= 0.3 is 26.2 Å². The van der Waals surface area contributed by atoms with Crippen molar-refractivity contribution < 1.29 is 0 Å². The smallest absolute Gasteiger partial charge is 0.372 e. The summed E-state index contributed by atoms with van der Waals surface area (Å²) in [5.74, 6) is 0. The summed E-state index contributed by atoms with van der Waals surface area (Å²) < 4.78 is 23.7. The van der Waals surface area contributed by atoms with E-state index in [0.29, 0.717) is 11.1 Å². The van der Waals surface area contributed by atoms with E-state index >= 15 is 0 Å². The molecule has 0 aromatic heterocycles. The lowest BCUT2D eigenvalue weighted by Gasteiger charge is -2.54. The van der Waals surface area contributed by atoms with Gasteiger partial charge in [0, 0.05) is 45.6 Å². The average Bonchev–Trinajstić information content (AvgIpc) is 3.65. The third-order valence-corrected chi connectivity index (χ3v) is 31.3. The summed E-state index contributed by atoms with van der Waals surface area (Å²) >= 11 is 0. The highest BCUT2D eigenvalue weighted by atomic mass is 28.4. The largest absolute Gasteiger partial charge is 0.386 e. The minimum Gasteiger partial charge on any atom is -0.386 e. The van der Waals surface area contributed by atoms with Gasteiger partial charge in [0.2, 0.25) is 9.84 Å². The van der Waals surface area contributed by atoms with Gasteiger partial charge in [-0.2, -0.15) is 0 Å². The van der Waals surface area contributed by atoms with Crippen molar-refractivity contribution in [2.24, 2.45) is 5.40 Å². The topological polar surface area (TPSA) is 119 Å². The lowest BCUT2D eigenvalue weighted by molar-refractivity contribution is 0.0788. The maximum Gasteiger partial charge on any atom is 0.372 e. The predicted octanol–water partition coefficient (Wildman–Crippen LogP) is 4.10. The van der Waals surface area contributed by atoms with Crippen molar-refractivity contribution in [3.05, 3.63) is 12.4 Å². The molecule has 0 saturated heterocycles. The summed E-state index contributed by atoms with van der Waals surface area (Å²) in [6, 6.07) is 0. The fourth-order valence-corrected chi connectivity index (χ4v) is 21.5. The minimum absolute atomic E-state index is 0.221. The zero-order valence-corrected chi connectivity index (χ0v) is 59.0. The van der Waals surface area contributed by atoms with Crippen LogP contribution in [-0.4, -0.2) is 242 Å². The molecule has 0 fully saturated rings. The van der Waals surface area contributed by atoms with E-state index in [4.69, 9.17) is 5.40 Å². The van der Waals surface area contributed by atoms with Gasteiger partial charge < -0.3 is 48.6 Å². The van der Waals surface area contributed by atoms with Crippen LogP contribution in [-0.2, 0) is 0 Å². The Labute approximate surface area is 441 Å². The Balaban J connectivity index is -0.000000388. The van der Waals surface area contributed by atoms with Gasteiger partial charge in [0.25, 0.3) is 0 Å². The van der Waals surface area contributed by atoms with Crippen molar-refractivity contribution >= 4 is 45.8 Å². The first-order chi connectivity index (χ1) is 30.6. The molecule has 69 heavy (non-hydrogen) atoms. The van der Waals surface area contributed by atoms with Crippen molar-refractivity contribution in [1.82, 2.24) is 70.6 Å². The standard InChI is InChI=1S/C16H38N2Si.C10H22N2Si.2C8H24N4Si.C6H20N4Si/c1-13(2,3)17(14(4,5)6)19-18(15(7,8)9)16(10,11)12;1-9(2,3)11-7-8-12(13-11)10(4,5)6;1-8-9-13(10(2)3,11(4)5)12(6)7;1-5-9-13(10-6-2,11-7-3)12-8-4;1-8(2)11(7,9(3)4)10(5)6/h19H2,1-12H3;7-8H,13H2,1-6H3;9H,8H2,1-7H3;9-12H,5-8H2,1-4H3;7H2,1-6H3. The Hall–Kier alpha value is -0.136. The Morgan fingerprint density at radius 3 is 0.725 bits per heavy atom. The predicted molar refractivity (Wildman–Crippen MR) is 324 cm³/mol. The summed E-state index contributed by atoms with van der Waals surface area (Å²) in [5.41, 5.74) is 1.47. The molecule has 0 aromatic rings. The van der Waals surface area contributed by atoms with E-state index in [0.717, 1.165) is 32.7 Å². The third-order valence-electron chi connectivity index (χ3n) is 12.0. The van der Waals surface area contributed by atoms with Crippen LogP contribution < -0.4 is 30.3 Å². The number of nitrogens with zero attached hydrogens (tertiary/aromatic N) is 10. The van der Waals surface area contributed by atoms with Gasteiger partial charge in [0.1, 0.15) is 0 Å². The maximum atomic E-state index is 6.24. The van der Waals surface area contributed by atoms with Gasteiger partial charge in [-0.05, 0) is 242 Å². The highest BCUT2D eigenvalue weighted by molar-refractivity contribution is 6.70. The molecule has 0 bridgehead atoms. The van der Waals surface area contributed by atoms with Crippen molar-refractivity contribution in [2.45, 2.75) is 192 Å². The molecular weight excluding hydrogens is 941 g/mol. The fraction of sp³-hybridized carbons (Fsp3) is 0.958. The first-order valence-corrected chi connectivity index (χ1v) is 34.3. The van der Waals surface area contributed by atoms with Crippen LogP contribution in [0.3, 0.4) is 0 Å². The minimum atomic E-state index is -1.98. The van der Waals surface area contributed by atoms with Gasteiger partial charge in [0.05, 0.1) is 0 Å². The highest BCUT2D eigenvalue weighted by Crippen LogP contribution is 2.30. The van der Waals surface area contributed by atoms with Crippen LogP contribution in [0, 0.1) is 0 Å². The molecule has 1 aliphatic heterocycles. The average molecular weight is 1070 g/mol. The van der Waals surface area contributed by atoms with Gasteiger partial charge in [-0.15, -0.1) is 0 Å². The monoisotopic (exact) mass is 1070 g/mol. The van der Waals surface area contributed by atoms with E-state index in [-0.39, 0.29) is 32.0 Å². The molecule has 1 heterocycles. The zero-order chi connectivity index (χ0) is 56.2. The molecule has 0 spiro atoms. The summed E-state index contributed by atoms with van der Waals surface area (Å²) in [4.78, 5) is 17.6. The third kappa shape index (κ3) is 26.8. The van der Waals surface area contributed by atoms with E-state index in [9.17, 15) is 0 Å². The molecule has 0 radical (unpaired) electrons. The molecule has 7 N–H and O–H groups in total. The first-order valence-electron chi connectivity index (χ1n) is 26.0. The molecule has 0 aromatic carbocycles. The lowest BCUT2D eigenvalue weighted by Crippen LogP contribution is -2.80. The summed E-state index contributed by atoms with van der Waals surface area (Å²) in [6.45, 7) is 57.4. The van der Waals surface area contributed by atoms with Crippen LogP contribution in [0.4, 0.5) is 0 Å². The molecule has 420 valence electrons. The van der Waals surface area contributed by atoms with Crippen molar-refractivity contribution in [3.63, 3.8) is 0 Å². The number of hydrogen-bond donors (Lipinski definition) is 6. The maximum absolute atomic E-state index is 6.24. The second-order valence-electron chi connectivity index (χ2n) is 25.5. The van der Waals surface area contributed by atoms with E-state index in [1.807, 2.05) is 42.3 Å². The first kappa shape index (κ1) is 75.4. The lowest BCUT2D eigenvalue weighted by atomic mass is 10.0. The molecule has 21 heteroatoms. The van der Waals surface area contributed by atoms with E-state index in [1.54, 1.807) is 0 Å². The van der Waals surface area contributed by atoms with Gasteiger partial charge in [-0.25, -0.2) is 0 Å². The molecule has 0 saturated carbocycles. The molecule has 0 atom stereocenters. The highest BCUT2D eigenvalue weighted by Gasteiger charge is 2.43. The summed E-state index contributed by atoms with van der Waals surface area (Å²) in [6.07, 6.45) is 4.49. The van der Waals surface area contributed by atoms with Crippen LogP contribution in [0.15, 0.2) is 12.4 Å². The molecule has 0 amide bonds. The second-order valence-corrected chi connectivity index (χ2v) is 40.0. The summed E-state index contributed by atoms with van der Waals surface area (Å²) in [7, 11) is 18.6. The van der Waals surface area contributed by atoms with E-state index in [2.05, 4.69) is 284 Å². The number of hydrogen-bond acceptors (Lipinski definition) is 16. The fourth-order valence-electron chi connectivity index (χ4n) is 8.84. The summed E-state index contributed by atoms with van der Waals surface area (Å²) in [5, 5.41) is 6.24. The van der Waals surface area contributed by atoms with Crippen LogP contribution in [0.25, 0.3) is 0 Å². The second kappa shape index (κ2) is 31.7. The van der Waals surface area contributed by atoms with Crippen LogP contribution >= 0.6 is 0 Å². The molecule has 1 rings (SSSR count). The van der Waals surface area contributed by atoms with Crippen molar-refractivity contribution in [3.8, 4) is 0 Å². The Kier molecular flexibility index (Phi) is 34.6. The number of nitrogens with one attached hydrogen (secondary N) is 5. The Morgan fingerprint density at radius 2 is 0.623 bits per heavy atom. The van der Waals surface area contributed by atoms with Gasteiger partial charge in [-0.3, -0.25) is 27.4 Å². The normalized spacial score (nSPS) is 14.7. The SMILES string of the molecule is CC(C)(C)N([SiH2]N(C(C)(C)C)C(C)(C)C)C(C)(C)C.CC(C)(C)N1C=CN(C(C)(C)C)[SiH2]1.CCN[Si](N(C)C)(N(C)C)N(C)C.CCN[Si](NCC)(NCC)NCC.CN(C)[Si](N)(N(C)C)N(C)C. The number of rotatable bonds is 18. The van der Waals surface area contributed by atoms with E-state index < -0.39 is 36.0 Å². The number of nitrogens with two attached hydrogens (primary N) is 1. The molecule has 0 aliphatic carbocycles. The molecule has 0 unspecified atom stereocenters. The Bertz CT molecular complexity index is 1190. The van der Waals surface area contributed by atoms with Crippen LogP contribution in [0.5, 0.6) is 0 Å². The van der Waals surface area contributed by atoms with Crippen LogP contribution in [0.1, 0.15) is 159 Å². The zero-order valence-electron chi connectivity index (χ0n) is 53.2. The van der Waals surface area contributed by atoms with Gasteiger partial charge in [0.15, 0.2) is 9.84 Å². The van der Waals surface area contributed by atoms with Crippen LogP contribution in [0.2, 0.25) is 0 Å². The molecule has 1 aliphatic rings. The molecular formula is C48H128N16Si5. The quantitative estimate of drug-likeness (QED) is 0.111. The van der Waals surface area contributed by atoms with Crippen molar-refractivity contribution in [1.29, 1.82) is 0 Å². The van der Waals surface area contributed by atoms with E-state index in [1.165, 1.54) is 0 Å². The molecule has 16 nitrogen and oxygen atoms in total.